The first-order valence-electron chi connectivity index (χ1n) is 6.71. The van der Waals surface area contributed by atoms with Crippen LogP contribution < -0.4 is 0 Å². The minimum absolute atomic E-state index is 0.595. The largest absolute Gasteiger partial charge is 0.460 e. The molecule has 28 heavy (non-hydrogen) atoms. The van der Waals surface area contributed by atoms with Crippen LogP contribution in [0.1, 0.15) is 6.42 Å². The van der Waals surface area contributed by atoms with Crippen LogP contribution in [0.15, 0.2) is 29.2 Å². The van der Waals surface area contributed by atoms with Crippen LogP contribution in [0.5, 0.6) is 0 Å². The topological polar surface area (TPSA) is 86.5 Å². The number of hydrogen-bond acceptors (Lipinski definition) is 5. The molecule has 0 atom stereocenters. The smallest absolute Gasteiger partial charge is 0.266 e. The van der Waals surface area contributed by atoms with Crippen molar-refractivity contribution in [2.75, 3.05) is 6.61 Å². The van der Waals surface area contributed by atoms with Crippen molar-refractivity contribution in [3.8, 4) is 0 Å². The van der Waals surface area contributed by atoms with E-state index in [4.69, 9.17) is 0 Å². The van der Waals surface area contributed by atoms with Gasteiger partial charge in [-0.05, 0) is 6.07 Å². The Morgan fingerprint density at radius 2 is 1.43 bits per heavy atom. The Hall–Kier alpha value is -2.10. The summed E-state index contributed by atoms with van der Waals surface area (Å²) in [4.78, 5) is 8.34. The fraction of sp³-hybridized carbons (Fsp3) is 0.500. The third-order valence-electron chi connectivity index (χ3n) is 3.20. The second kappa shape index (κ2) is 7.38. The molecule has 0 bridgehead atoms. The van der Waals surface area contributed by atoms with Gasteiger partial charge < -0.3 is 0 Å². The van der Waals surface area contributed by atoms with Gasteiger partial charge in [-0.25, -0.2) is 0 Å². The van der Waals surface area contributed by atoms with Gasteiger partial charge in [0, 0.05) is 12.5 Å². The van der Waals surface area contributed by atoms with E-state index in [0.29, 0.717) is 12.1 Å². The van der Waals surface area contributed by atoms with Crippen LogP contribution in [0.4, 0.5) is 45.2 Å². The van der Waals surface area contributed by atoms with Crippen LogP contribution in [0.2, 0.25) is 0 Å². The normalized spacial score (nSPS) is 14.2. The molecule has 16 heteroatoms. The van der Waals surface area contributed by atoms with Gasteiger partial charge in [-0.2, -0.15) is 47.9 Å². The van der Waals surface area contributed by atoms with E-state index in [-0.39, 0.29) is 0 Å². The highest BCUT2D eigenvalue weighted by atomic mass is 32.2. The molecule has 160 valence electrons. The molecule has 0 saturated carbocycles. The van der Waals surface area contributed by atoms with Gasteiger partial charge >= 0.3 is 34.1 Å². The second-order valence-corrected chi connectivity index (χ2v) is 6.69. The lowest BCUT2D eigenvalue weighted by atomic mass is 10.0. The van der Waals surface area contributed by atoms with E-state index in [0.717, 1.165) is 12.1 Å². The zero-order valence-corrected chi connectivity index (χ0v) is 13.8. The zero-order valence-electron chi connectivity index (χ0n) is 13.0. The van der Waals surface area contributed by atoms with Gasteiger partial charge in [-0.3, -0.25) is 14.3 Å². The standard InChI is InChI=1S/C12H8F9NO5S/c13-9(14,10(15,16)11(17,18)12(19,20)21)5-6-27-28(25,26)8-4-2-1-3-7(8)22(23)24/h1-4H,5-6H2. The molecule has 0 unspecified atom stereocenters. The molecule has 0 radical (unpaired) electrons. The first kappa shape index (κ1) is 23.9. The maximum absolute atomic E-state index is 13.3. The Morgan fingerprint density at radius 3 is 1.89 bits per heavy atom. The summed E-state index contributed by atoms with van der Waals surface area (Å²) in [6.07, 6.45) is -9.58. The van der Waals surface area contributed by atoms with Crippen molar-refractivity contribution >= 4 is 15.8 Å². The number of nitro benzene ring substituents is 1. The number of rotatable bonds is 8. The lowest BCUT2D eigenvalue weighted by Gasteiger charge is -2.33. The number of alkyl halides is 9. The van der Waals surface area contributed by atoms with Crippen molar-refractivity contribution in [1.82, 2.24) is 0 Å². The van der Waals surface area contributed by atoms with Gasteiger partial charge in [-0.15, -0.1) is 0 Å². The highest BCUT2D eigenvalue weighted by Gasteiger charge is 2.81. The molecule has 1 aromatic rings. The first-order valence-corrected chi connectivity index (χ1v) is 8.12. The summed E-state index contributed by atoms with van der Waals surface area (Å²) in [6, 6.07) is 3.24. The van der Waals surface area contributed by atoms with Crippen molar-refractivity contribution < 1.29 is 57.0 Å². The molecule has 0 aliphatic rings. The molecule has 0 aliphatic heterocycles. The monoisotopic (exact) mass is 449 g/mol. The maximum atomic E-state index is 13.3. The lowest BCUT2D eigenvalue weighted by molar-refractivity contribution is -0.397. The van der Waals surface area contributed by atoms with Crippen LogP contribution in [-0.2, 0) is 14.3 Å². The summed E-state index contributed by atoms with van der Waals surface area (Å²) >= 11 is 0. The highest BCUT2D eigenvalue weighted by molar-refractivity contribution is 7.87. The van der Waals surface area contributed by atoms with Crippen LogP contribution in [0.3, 0.4) is 0 Å². The summed E-state index contributed by atoms with van der Waals surface area (Å²) < 4.78 is 141. The number of halogens is 9. The Bertz CT molecular complexity index is 838. The van der Waals surface area contributed by atoms with Crippen molar-refractivity contribution in [3.05, 3.63) is 34.4 Å². The molecule has 0 saturated heterocycles. The molecule has 0 amide bonds. The van der Waals surface area contributed by atoms with E-state index in [1.807, 2.05) is 0 Å². The SMILES string of the molecule is O=[N+]([O-])c1ccccc1S(=O)(=O)OCCC(F)(F)C(F)(F)C(F)(F)C(F)(F)F. The zero-order chi connectivity index (χ0) is 22.2. The summed E-state index contributed by atoms with van der Waals surface area (Å²) in [6.45, 7) is -1.97. The molecular formula is C12H8F9NO5S. The van der Waals surface area contributed by atoms with E-state index in [9.17, 15) is 58.0 Å². The van der Waals surface area contributed by atoms with Crippen LogP contribution >= 0.6 is 0 Å². The fourth-order valence-electron chi connectivity index (χ4n) is 1.73. The average molecular weight is 449 g/mol. The minimum Gasteiger partial charge on any atom is -0.266 e. The highest BCUT2D eigenvalue weighted by Crippen LogP contribution is 2.54. The Kier molecular flexibility index (Phi) is 6.31. The van der Waals surface area contributed by atoms with Gasteiger partial charge in [0.25, 0.3) is 5.69 Å². The maximum Gasteiger partial charge on any atom is 0.460 e. The van der Waals surface area contributed by atoms with Gasteiger partial charge in [-0.1, -0.05) is 12.1 Å². The number of hydrogen-bond donors (Lipinski definition) is 0. The van der Waals surface area contributed by atoms with E-state index in [2.05, 4.69) is 4.18 Å². The van der Waals surface area contributed by atoms with Gasteiger partial charge in [0.1, 0.15) is 0 Å². The molecule has 0 N–H and O–H groups in total. The van der Waals surface area contributed by atoms with E-state index in [1.54, 1.807) is 0 Å². The van der Waals surface area contributed by atoms with Gasteiger partial charge in [0.2, 0.25) is 0 Å². The number of para-hydroxylation sites is 1. The van der Waals surface area contributed by atoms with E-state index < -0.39 is 62.6 Å². The molecule has 0 aromatic heterocycles. The fourth-order valence-corrected chi connectivity index (χ4v) is 2.80. The lowest BCUT2D eigenvalue weighted by Crippen LogP contribution is -2.61. The van der Waals surface area contributed by atoms with E-state index >= 15 is 0 Å². The van der Waals surface area contributed by atoms with E-state index in [1.165, 1.54) is 0 Å². The average Bonchev–Trinajstić information content (AvgIpc) is 2.53. The van der Waals surface area contributed by atoms with Crippen molar-refractivity contribution in [2.24, 2.45) is 0 Å². The quantitative estimate of drug-likeness (QED) is 0.258. The van der Waals surface area contributed by atoms with Crippen molar-refractivity contribution in [1.29, 1.82) is 0 Å². The van der Waals surface area contributed by atoms with Crippen molar-refractivity contribution in [2.45, 2.75) is 35.3 Å². The molecule has 0 heterocycles. The number of nitrogens with zero attached hydrogens (tertiary/aromatic N) is 1. The Balaban J connectivity index is 3.02. The molecule has 6 nitrogen and oxygen atoms in total. The predicted octanol–water partition coefficient (Wildman–Crippen LogP) is 4.16. The third kappa shape index (κ3) is 4.31. The molecule has 0 fully saturated rings. The third-order valence-corrected chi connectivity index (χ3v) is 4.56. The minimum atomic E-state index is -7.12. The summed E-state index contributed by atoms with van der Waals surface area (Å²) in [7, 11) is -5.20. The summed E-state index contributed by atoms with van der Waals surface area (Å²) in [5.41, 5.74) is -1.08. The van der Waals surface area contributed by atoms with Gasteiger partial charge in [0.05, 0.1) is 11.5 Å². The Labute approximate surface area is 150 Å². The molecule has 0 aliphatic carbocycles. The molecule has 0 spiro atoms. The molecule has 1 rings (SSSR count). The number of benzene rings is 1. The predicted molar refractivity (Wildman–Crippen MR) is 71.7 cm³/mol. The first-order chi connectivity index (χ1) is 12.4. The van der Waals surface area contributed by atoms with Gasteiger partial charge in [0.15, 0.2) is 4.90 Å². The van der Waals surface area contributed by atoms with Crippen LogP contribution in [-0.4, -0.2) is 43.9 Å². The molecular weight excluding hydrogens is 441 g/mol. The molecule has 1 aromatic carbocycles. The Morgan fingerprint density at radius 1 is 0.929 bits per heavy atom. The van der Waals surface area contributed by atoms with Crippen LogP contribution in [0.25, 0.3) is 0 Å². The van der Waals surface area contributed by atoms with Crippen molar-refractivity contribution in [3.63, 3.8) is 0 Å². The summed E-state index contributed by atoms with van der Waals surface area (Å²) in [5, 5.41) is 10.7. The van der Waals surface area contributed by atoms with Crippen LogP contribution in [0, 0.1) is 10.1 Å². The number of nitro groups is 1. The summed E-state index contributed by atoms with van der Waals surface area (Å²) in [5.74, 6) is -20.1. The second-order valence-electron chi connectivity index (χ2n) is 5.10.